The lowest BCUT2D eigenvalue weighted by Gasteiger charge is -2.07. The molecule has 18 heavy (non-hydrogen) atoms. The molecule has 1 aliphatic carbocycles. The Morgan fingerprint density at radius 3 is 2.67 bits per heavy atom. The molecule has 0 saturated heterocycles. The van der Waals surface area contributed by atoms with Crippen LogP contribution in [0, 0.1) is 0 Å². The highest BCUT2D eigenvalue weighted by Gasteiger charge is 2.25. The molecule has 0 spiro atoms. The van der Waals surface area contributed by atoms with Gasteiger partial charge in [-0.25, -0.2) is 9.97 Å². The van der Waals surface area contributed by atoms with E-state index in [-0.39, 0.29) is 0 Å². The van der Waals surface area contributed by atoms with Crippen molar-refractivity contribution < 1.29 is 4.74 Å². The summed E-state index contributed by atoms with van der Waals surface area (Å²) < 4.78 is 5.62. The number of hydrogen-bond acceptors (Lipinski definition) is 4. The number of nitrogens with two attached hydrogens (primary N) is 1. The van der Waals surface area contributed by atoms with Gasteiger partial charge in [0.25, 0.3) is 0 Å². The molecule has 1 aliphatic rings. The SMILES string of the molecule is Nc1cc(C2CC2)nc(COc2ccccc2)n1. The van der Waals surface area contributed by atoms with Gasteiger partial charge in [-0.3, -0.25) is 0 Å². The fraction of sp³-hybridized carbons (Fsp3) is 0.286. The summed E-state index contributed by atoms with van der Waals surface area (Å²) in [7, 11) is 0. The number of benzene rings is 1. The molecule has 0 radical (unpaired) electrons. The van der Waals surface area contributed by atoms with Gasteiger partial charge in [0, 0.05) is 17.7 Å². The minimum absolute atomic E-state index is 0.356. The molecule has 92 valence electrons. The van der Waals surface area contributed by atoms with Gasteiger partial charge in [-0.05, 0) is 25.0 Å². The zero-order valence-corrected chi connectivity index (χ0v) is 10.0. The molecule has 1 heterocycles. The van der Waals surface area contributed by atoms with E-state index in [4.69, 9.17) is 10.5 Å². The second kappa shape index (κ2) is 4.64. The summed E-state index contributed by atoms with van der Waals surface area (Å²) in [6.45, 7) is 0.356. The lowest BCUT2D eigenvalue weighted by Crippen LogP contribution is -2.06. The number of rotatable bonds is 4. The van der Waals surface area contributed by atoms with Crippen molar-refractivity contribution in [2.75, 3.05) is 5.73 Å². The maximum absolute atomic E-state index is 5.79. The van der Waals surface area contributed by atoms with Gasteiger partial charge < -0.3 is 10.5 Å². The molecule has 4 heteroatoms. The molecule has 1 aromatic heterocycles. The number of nitrogens with zero attached hydrogens (tertiary/aromatic N) is 2. The van der Waals surface area contributed by atoms with Gasteiger partial charge in [-0.15, -0.1) is 0 Å². The number of nitrogen functional groups attached to an aromatic ring is 1. The first-order chi connectivity index (χ1) is 8.81. The van der Waals surface area contributed by atoms with Gasteiger partial charge in [0.1, 0.15) is 18.2 Å². The zero-order valence-electron chi connectivity index (χ0n) is 10.0. The summed E-state index contributed by atoms with van der Waals surface area (Å²) >= 11 is 0. The van der Waals surface area contributed by atoms with Crippen molar-refractivity contribution >= 4 is 5.82 Å². The van der Waals surface area contributed by atoms with Crippen LogP contribution in [0.25, 0.3) is 0 Å². The quantitative estimate of drug-likeness (QED) is 0.893. The topological polar surface area (TPSA) is 61.0 Å². The van der Waals surface area contributed by atoms with Gasteiger partial charge in [0.2, 0.25) is 0 Å². The second-order valence-electron chi connectivity index (χ2n) is 4.51. The van der Waals surface area contributed by atoms with E-state index in [2.05, 4.69) is 9.97 Å². The van der Waals surface area contributed by atoms with E-state index in [9.17, 15) is 0 Å². The normalized spacial score (nSPS) is 14.4. The Balaban J connectivity index is 1.72. The van der Waals surface area contributed by atoms with Gasteiger partial charge >= 0.3 is 0 Å². The molecule has 0 amide bonds. The fourth-order valence-electron chi connectivity index (χ4n) is 1.86. The second-order valence-corrected chi connectivity index (χ2v) is 4.51. The first-order valence-electron chi connectivity index (χ1n) is 6.12. The molecular weight excluding hydrogens is 226 g/mol. The van der Waals surface area contributed by atoms with Crippen LogP contribution in [0.15, 0.2) is 36.4 Å². The highest BCUT2D eigenvalue weighted by molar-refractivity contribution is 5.33. The van der Waals surface area contributed by atoms with Crippen molar-refractivity contribution in [1.29, 1.82) is 0 Å². The lowest BCUT2D eigenvalue weighted by atomic mass is 10.3. The van der Waals surface area contributed by atoms with Crippen LogP contribution < -0.4 is 10.5 Å². The van der Waals surface area contributed by atoms with Crippen molar-refractivity contribution in [1.82, 2.24) is 9.97 Å². The molecule has 0 bridgehead atoms. The number of anilines is 1. The van der Waals surface area contributed by atoms with Gasteiger partial charge in [-0.2, -0.15) is 0 Å². The summed E-state index contributed by atoms with van der Waals surface area (Å²) in [5.74, 6) is 2.57. The van der Waals surface area contributed by atoms with E-state index in [1.807, 2.05) is 36.4 Å². The number of ether oxygens (including phenoxy) is 1. The third-order valence-corrected chi connectivity index (χ3v) is 2.92. The monoisotopic (exact) mass is 241 g/mol. The van der Waals surface area contributed by atoms with E-state index < -0.39 is 0 Å². The summed E-state index contributed by atoms with van der Waals surface area (Å²) in [6.07, 6.45) is 2.41. The summed E-state index contributed by atoms with van der Waals surface area (Å²) in [5, 5.41) is 0. The lowest BCUT2D eigenvalue weighted by molar-refractivity contribution is 0.295. The molecule has 0 unspecified atom stereocenters. The molecule has 3 rings (SSSR count). The Hall–Kier alpha value is -2.10. The van der Waals surface area contributed by atoms with Crippen molar-refractivity contribution in [2.24, 2.45) is 0 Å². The van der Waals surface area contributed by atoms with E-state index in [0.29, 0.717) is 24.2 Å². The Morgan fingerprint density at radius 1 is 1.17 bits per heavy atom. The molecule has 1 aromatic carbocycles. The Bertz CT molecular complexity index is 538. The van der Waals surface area contributed by atoms with Crippen molar-refractivity contribution in [3.05, 3.63) is 47.9 Å². The molecule has 1 saturated carbocycles. The minimum Gasteiger partial charge on any atom is -0.486 e. The van der Waals surface area contributed by atoms with Crippen LogP contribution in [0.5, 0.6) is 5.75 Å². The van der Waals surface area contributed by atoms with Crippen LogP contribution in [0.2, 0.25) is 0 Å². The Labute approximate surface area is 106 Å². The third-order valence-electron chi connectivity index (χ3n) is 2.92. The van der Waals surface area contributed by atoms with Gasteiger partial charge in [-0.1, -0.05) is 18.2 Å². The smallest absolute Gasteiger partial charge is 0.168 e. The molecule has 0 aliphatic heterocycles. The maximum atomic E-state index is 5.79. The number of aromatic nitrogens is 2. The Morgan fingerprint density at radius 2 is 1.94 bits per heavy atom. The predicted molar refractivity (Wildman–Crippen MR) is 69.2 cm³/mol. The molecule has 2 aromatic rings. The van der Waals surface area contributed by atoms with Crippen molar-refractivity contribution in [3.8, 4) is 5.75 Å². The standard InChI is InChI=1S/C14H15N3O/c15-13-8-12(10-6-7-10)16-14(17-13)9-18-11-4-2-1-3-5-11/h1-5,8,10H,6-7,9H2,(H2,15,16,17). The van der Waals surface area contributed by atoms with Crippen LogP contribution in [-0.4, -0.2) is 9.97 Å². The minimum atomic E-state index is 0.356. The summed E-state index contributed by atoms with van der Waals surface area (Å²) in [5.41, 5.74) is 6.84. The summed E-state index contributed by atoms with van der Waals surface area (Å²) in [4.78, 5) is 8.70. The van der Waals surface area contributed by atoms with Crippen molar-refractivity contribution in [3.63, 3.8) is 0 Å². The van der Waals surface area contributed by atoms with Gasteiger partial charge in [0.15, 0.2) is 5.82 Å². The average Bonchev–Trinajstić information content (AvgIpc) is 3.21. The zero-order chi connectivity index (χ0) is 12.4. The Kier molecular flexibility index (Phi) is 2.84. The average molecular weight is 241 g/mol. The van der Waals surface area contributed by atoms with Crippen molar-refractivity contribution in [2.45, 2.75) is 25.4 Å². The molecule has 0 atom stereocenters. The molecular formula is C14H15N3O. The van der Waals surface area contributed by atoms with E-state index in [1.165, 1.54) is 12.8 Å². The molecule has 1 fully saturated rings. The fourth-order valence-corrected chi connectivity index (χ4v) is 1.86. The molecule has 2 N–H and O–H groups in total. The van der Waals surface area contributed by atoms with Crippen LogP contribution in [0.1, 0.15) is 30.3 Å². The van der Waals surface area contributed by atoms with Crippen LogP contribution in [-0.2, 0) is 6.61 Å². The third kappa shape index (κ3) is 2.59. The van der Waals surface area contributed by atoms with Crippen LogP contribution >= 0.6 is 0 Å². The highest BCUT2D eigenvalue weighted by atomic mass is 16.5. The number of hydrogen-bond donors (Lipinski definition) is 1. The van der Waals surface area contributed by atoms with Crippen LogP contribution in [0.3, 0.4) is 0 Å². The molecule has 4 nitrogen and oxygen atoms in total. The first-order valence-corrected chi connectivity index (χ1v) is 6.12. The van der Waals surface area contributed by atoms with E-state index >= 15 is 0 Å². The first kappa shape index (κ1) is 11.0. The number of para-hydroxylation sites is 1. The largest absolute Gasteiger partial charge is 0.486 e. The van der Waals surface area contributed by atoms with E-state index in [0.717, 1.165) is 11.4 Å². The van der Waals surface area contributed by atoms with E-state index in [1.54, 1.807) is 0 Å². The predicted octanol–water partition coefficient (Wildman–Crippen LogP) is 2.52. The van der Waals surface area contributed by atoms with Gasteiger partial charge in [0.05, 0.1) is 0 Å². The van der Waals surface area contributed by atoms with Crippen LogP contribution in [0.4, 0.5) is 5.82 Å². The summed E-state index contributed by atoms with van der Waals surface area (Å²) in [6, 6.07) is 11.5. The highest BCUT2D eigenvalue weighted by Crippen LogP contribution is 2.39. The maximum Gasteiger partial charge on any atom is 0.168 e.